The molecule has 0 radical (unpaired) electrons. The minimum atomic E-state index is -2.86. The second-order valence-corrected chi connectivity index (χ2v) is 11.9. The molecule has 1 aromatic carbocycles. The number of alkyl halides is 3. The Morgan fingerprint density at radius 2 is 2.02 bits per heavy atom. The van der Waals surface area contributed by atoms with Gasteiger partial charge in [0.15, 0.2) is 5.82 Å². The van der Waals surface area contributed by atoms with E-state index in [-0.39, 0.29) is 61.1 Å². The SMILES string of the molecule is Cc1cccc2cncc(-c3ncc4c(N5CCN(C(=O)/C=C/CF)[C@@H](CC#N)C5)nc(OC[C@@H]5CC(F)(F)CN5C)nc4c3F)c12. The molecule has 2 fully saturated rings. The van der Waals surface area contributed by atoms with Crippen LogP contribution in [0.25, 0.3) is 32.9 Å². The van der Waals surface area contributed by atoms with E-state index in [0.29, 0.717) is 5.56 Å². The van der Waals surface area contributed by atoms with Crippen LogP contribution in [0.2, 0.25) is 0 Å². The van der Waals surface area contributed by atoms with Crippen molar-refractivity contribution in [2.45, 2.75) is 37.8 Å². The quantitative estimate of drug-likeness (QED) is 0.195. The summed E-state index contributed by atoms with van der Waals surface area (Å²) in [6.45, 7) is 1.14. The molecule has 2 saturated heterocycles. The van der Waals surface area contributed by atoms with Gasteiger partial charge in [0.1, 0.15) is 30.3 Å². The lowest BCUT2D eigenvalue weighted by Crippen LogP contribution is -2.55. The molecule has 0 unspecified atom stereocenters. The number of piperazine rings is 1. The summed E-state index contributed by atoms with van der Waals surface area (Å²) in [7, 11) is 1.58. The van der Waals surface area contributed by atoms with Gasteiger partial charge in [0, 0.05) is 67.7 Å². The summed E-state index contributed by atoms with van der Waals surface area (Å²) in [6.07, 6.45) is 6.54. The average molecular weight is 649 g/mol. The Bertz CT molecular complexity index is 1890. The lowest BCUT2D eigenvalue weighted by atomic mass is 10.00. The van der Waals surface area contributed by atoms with Crippen molar-refractivity contribution >= 4 is 33.4 Å². The van der Waals surface area contributed by atoms with Crippen molar-refractivity contribution in [2.24, 2.45) is 0 Å². The first-order valence-corrected chi connectivity index (χ1v) is 15.2. The maximum Gasteiger partial charge on any atom is 0.319 e. The smallest absolute Gasteiger partial charge is 0.319 e. The number of allylic oxidation sites excluding steroid dienone is 1. The number of anilines is 1. The lowest BCUT2D eigenvalue weighted by molar-refractivity contribution is -0.128. The predicted octanol–water partition coefficient (Wildman–Crippen LogP) is 4.86. The number of fused-ring (bicyclic) bond motifs is 2. The van der Waals surface area contributed by atoms with Gasteiger partial charge >= 0.3 is 6.01 Å². The number of carbonyl (C=O) groups excluding carboxylic acids is 1. The first-order chi connectivity index (χ1) is 22.6. The molecule has 244 valence electrons. The summed E-state index contributed by atoms with van der Waals surface area (Å²) in [4.78, 5) is 35.3. The largest absolute Gasteiger partial charge is 0.462 e. The van der Waals surface area contributed by atoms with E-state index in [9.17, 15) is 23.2 Å². The van der Waals surface area contributed by atoms with E-state index >= 15 is 4.39 Å². The van der Waals surface area contributed by atoms with Crippen molar-refractivity contribution in [1.82, 2.24) is 29.7 Å². The van der Waals surface area contributed by atoms with Crippen LogP contribution in [0.5, 0.6) is 6.01 Å². The van der Waals surface area contributed by atoms with Gasteiger partial charge in [-0.3, -0.25) is 19.7 Å². The van der Waals surface area contributed by atoms with Gasteiger partial charge in [0.05, 0.1) is 30.5 Å². The second-order valence-electron chi connectivity index (χ2n) is 11.9. The number of rotatable bonds is 8. The third-order valence-corrected chi connectivity index (χ3v) is 8.68. The van der Waals surface area contributed by atoms with Crippen LogP contribution in [0.15, 0.2) is 48.9 Å². The van der Waals surface area contributed by atoms with Gasteiger partial charge < -0.3 is 14.5 Å². The van der Waals surface area contributed by atoms with Gasteiger partial charge in [-0.25, -0.2) is 17.6 Å². The molecule has 2 atom stereocenters. The number of aromatic nitrogens is 4. The number of pyridine rings is 2. The topological polar surface area (TPSA) is 111 Å². The van der Waals surface area contributed by atoms with Crippen LogP contribution in [-0.2, 0) is 4.79 Å². The molecular formula is C33H32F4N8O2. The Morgan fingerprint density at radius 3 is 2.77 bits per heavy atom. The van der Waals surface area contributed by atoms with Gasteiger partial charge in [0.2, 0.25) is 5.91 Å². The molecule has 6 rings (SSSR count). The highest BCUT2D eigenvalue weighted by molar-refractivity contribution is 6.00. The summed E-state index contributed by atoms with van der Waals surface area (Å²) in [5.41, 5.74) is 1.31. The number of carbonyl (C=O) groups is 1. The molecule has 10 nitrogen and oxygen atoms in total. The van der Waals surface area contributed by atoms with Gasteiger partial charge in [0.25, 0.3) is 5.92 Å². The molecule has 2 aliphatic rings. The van der Waals surface area contributed by atoms with Crippen molar-refractivity contribution < 1.29 is 27.1 Å². The first-order valence-electron chi connectivity index (χ1n) is 15.2. The highest BCUT2D eigenvalue weighted by atomic mass is 19.3. The van der Waals surface area contributed by atoms with Crippen molar-refractivity contribution in [3.63, 3.8) is 0 Å². The number of nitrogens with zero attached hydrogens (tertiary/aromatic N) is 8. The van der Waals surface area contributed by atoms with Gasteiger partial charge in [-0.1, -0.05) is 18.2 Å². The van der Waals surface area contributed by atoms with Crippen LogP contribution < -0.4 is 9.64 Å². The summed E-state index contributed by atoms with van der Waals surface area (Å²) in [6, 6.07) is 6.38. The Balaban J connectivity index is 1.43. The Labute approximate surface area is 268 Å². The number of ether oxygens (including phenoxy) is 1. The van der Waals surface area contributed by atoms with Crippen LogP contribution in [0, 0.1) is 24.1 Å². The minimum Gasteiger partial charge on any atom is -0.462 e. The van der Waals surface area contributed by atoms with E-state index in [1.807, 2.05) is 25.1 Å². The number of hydrogen-bond donors (Lipinski definition) is 0. The molecule has 1 amide bonds. The highest BCUT2D eigenvalue weighted by Gasteiger charge is 2.43. The molecule has 5 heterocycles. The molecule has 2 aliphatic heterocycles. The third kappa shape index (κ3) is 6.40. The van der Waals surface area contributed by atoms with Crippen LogP contribution >= 0.6 is 0 Å². The Kier molecular flexibility index (Phi) is 8.92. The third-order valence-electron chi connectivity index (χ3n) is 8.68. The molecule has 14 heteroatoms. The van der Waals surface area contributed by atoms with Crippen molar-refractivity contribution in [1.29, 1.82) is 5.26 Å². The van der Waals surface area contributed by atoms with Gasteiger partial charge in [-0.15, -0.1) is 0 Å². The highest BCUT2D eigenvalue weighted by Crippen LogP contribution is 2.36. The number of nitriles is 1. The molecule has 47 heavy (non-hydrogen) atoms. The number of amides is 1. The Morgan fingerprint density at radius 1 is 1.19 bits per heavy atom. The van der Waals surface area contributed by atoms with Crippen LogP contribution in [0.3, 0.4) is 0 Å². The second kappa shape index (κ2) is 13.1. The average Bonchev–Trinajstić information content (AvgIpc) is 3.33. The summed E-state index contributed by atoms with van der Waals surface area (Å²) >= 11 is 0. The van der Waals surface area contributed by atoms with E-state index in [4.69, 9.17) is 4.74 Å². The first kappa shape index (κ1) is 32.1. The standard InChI is InChI=1S/C33H32F4N8O2/c1-20-5-3-6-21-14-39-15-24(27(20)21)29-28(35)30-25(16-40-29)31(42-32(41-30)47-18-23-13-33(36,37)19-43(23)2)44-11-12-45(22(17-44)8-10-38)26(46)7-4-9-34/h3-7,14-16,22-23H,8-9,11-13,17-19H2,1-2H3/b7-4+/t22-,23-/m0/s1. The number of hydrogen-bond acceptors (Lipinski definition) is 9. The zero-order valence-corrected chi connectivity index (χ0v) is 25.8. The van der Waals surface area contributed by atoms with Crippen molar-refractivity contribution in [3.05, 3.63) is 60.3 Å². The monoisotopic (exact) mass is 648 g/mol. The number of benzene rings is 1. The van der Waals surface area contributed by atoms with Gasteiger partial charge in [-0.2, -0.15) is 15.2 Å². The normalized spacial score (nSPS) is 19.9. The number of aryl methyl sites for hydroxylation is 1. The Hall–Kier alpha value is -4.90. The molecular weight excluding hydrogens is 616 g/mol. The van der Waals surface area contributed by atoms with Crippen molar-refractivity contribution in [2.75, 3.05) is 51.4 Å². The van der Waals surface area contributed by atoms with Crippen LogP contribution in [-0.4, -0.2) is 100 Å². The molecule has 0 bridgehead atoms. The van der Waals surface area contributed by atoms with Crippen LogP contribution in [0.4, 0.5) is 23.4 Å². The van der Waals surface area contributed by atoms with E-state index in [1.165, 1.54) is 16.0 Å². The minimum absolute atomic E-state index is 0.00943. The lowest BCUT2D eigenvalue weighted by Gasteiger charge is -2.41. The van der Waals surface area contributed by atoms with Gasteiger partial charge in [-0.05, 0) is 31.0 Å². The molecule has 0 spiro atoms. The molecule has 0 saturated carbocycles. The van der Waals surface area contributed by atoms with E-state index in [0.717, 1.165) is 28.5 Å². The number of likely N-dealkylation sites (N-methyl/N-ethyl adjacent to an activating group) is 1. The van der Waals surface area contributed by atoms with E-state index in [1.54, 1.807) is 24.3 Å². The fourth-order valence-electron chi connectivity index (χ4n) is 6.39. The van der Waals surface area contributed by atoms with E-state index < -0.39 is 49.4 Å². The molecule has 0 aliphatic carbocycles. The summed E-state index contributed by atoms with van der Waals surface area (Å²) in [5.74, 6) is -3.76. The predicted molar refractivity (Wildman–Crippen MR) is 167 cm³/mol. The zero-order chi connectivity index (χ0) is 33.3. The number of halogens is 4. The van der Waals surface area contributed by atoms with E-state index in [2.05, 4.69) is 26.0 Å². The van der Waals surface area contributed by atoms with Crippen molar-refractivity contribution in [3.8, 4) is 23.3 Å². The molecule has 0 N–H and O–H groups in total. The maximum absolute atomic E-state index is 16.6. The summed E-state index contributed by atoms with van der Waals surface area (Å²) < 4.78 is 63.3. The number of likely N-dealkylation sites (tertiary alicyclic amines) is 1. The molecule has 3 aromatic heterocycles. The zero-order valence-electron chi connectivity index (χ0n) is 25.8. The summed E-state index contributed by atoms with van der Waals surface area (Å²) in [5, 5.41) is 11.4. The van der Waals surface area contributed by atoms with Crippen LogP contribution in [0.1, 0.15) is 18.4 Å². The maximum atomic E-state index is 16.6. The fraction of sp³-hybridized carbons (Fsp3) is 0.394. The fourth-order valence-corrected chi connectivity index (χ4v) is 6.39. The molecule has 4 aromatic rings.